The highest BCUT2D eigenvalue weighted by Crippen LogP contribution is 2.05. The monoisotopic (exact) mass is 210 g/mol. The molecule has 0 saturated heterocycles. The first kappa shape index (κ1) is 12.3. The summed E-state index contributed by atoms with van der Waals surface area (Å²) in [6.45, 7) is 1.62. The first-order valence-electron chi connectivity index (χ1n) is 3.83. The van der Waals surface area contributed by atoms with Gasteiger partial charge < -0.3 is 11.1 Å². The highest BCUT2D eigenvalue weighted by atomic mass is 32.2. The highest BCUT2D eigenvalue weighted by Gasteiger charge is 2.21. The van der Waals surface area contributed by atoms with Crippen molar-refractivity contribution in [3.63, 3.8) is 0 Å². The minimum atomic E-state index is -4.10. The third-order valence-corrected chi connectivity index (χ3v) is 2.38. The zero-order valence-electron chi connectivity index (χ0n) is 7.36. The first-order chi connectivity index (χ1) is 5.90. The minimum absolute atomic E-state index is 0.0409. The van der Waals surface area contributed by atoms with E-state index in [1.165, 1.54) is 0 Å². The first-order valence-corrected chi connectivity index (χ1v) is 5.44. The molecule has 0 aliphatic rings. The van der Waals surface area contributed by atoms with Gasteiger partial charge in [0.2, 0.25) is 5.91 Å². The Hall–Kier alpha value is -0.660. The fraction of sp³-hybridized carbons (Fsp3) is 0.833. The Kier molecular flexibility index (Phi) is 4.89. The second-order valence-electron chi connectivity index (χ2n) is 2.60. The maximum Gasteiger partial charge on any atom is 0.265 e. The smallest absolute Gasteiger partial charge is 0.265 e. The molecule has 0 heterocycles. The van der Waals surface area contributed by atoms with Gasteiger partial charge >= 0.3 is 0 Å². The second kappa shape index (κ2) is 5.15. The topological polar surface area (TPSA) is 109 Å². The lowest BCUT2D eigenvalue weighted by molar-refractivity contribution is -0.124. The Morgan fingerprint density at radius 1 is 1.62 bits per heavy atom. The molecule has 0 fully saturated rings. The van der Waals surface area contributed by atoms with E-state index in [0.29, 0.717) is 6.42 Å². The second-order valence-corrected chi connectivity index (χ2v) is 4.10. The number of carbonyl (C=O) groups is 1. The molecule has 4 N–H and O–H groups in total. The summed E-state index contributed by atoms with van der Waals surface area (Å²) in [5.74, 6) is -1.75. The molecule has 0 aromatic rings. The number of hydrogen-bond donors (Lipinski definition) is 3. The van der Waals surface area contributed by atoms with Crippen LogP contribution in [0, 0.1) is 5.92 Å². The summed E-state index contributed by atoms with van der Waals surface area (Å²) in [6, 6.07) is 0. The van der Waals surface area contributed by atoms with E-state index in [1.807, 2.05) is 0 Å². The Morgan fingerprint density at radius 2 is 2.15 bits per heavy atom. The molecule has 1 unspecified atom stereocenters. The van der Waals surface area contributed by atoms with Crippen LogP contribution in [0.2, 0.25) is 0 Å². The van der Waals surface area contributed by atoms with Gasteiger partial charge in [-0.15, -0.1) is 0 Å². The van der Waals surface area contributed by atoms with Crippen molar-refractivity contribution in [2.24, 2.45) is 11.7 Å². The Morgan fingerprint density at radius 3 is 2.46 bits per heavy atom. The van der Waals surface area contributed by atoms with E-state index >= 15 is 0 Å². The number of rotatable bonds is 5. The van der Waals surface area contributed by atoms with Crippen molar-refractivity contribution < 1.29 is 17.8 Å². The van der Waals surface area contributed by atoms with Crippen LogP contribution in [0.25, 0.3) is 0 Å². The van der Waals surface area contributed by atoms with E-state index in [-0.39, 0.29) is 6.67 Å². The van der Waals surface area contributed by atoms with Crippen LogP contribution in [-0.4, -0.2) is 31.3 Å². The Balaban J connectivity index is 4.27. The number of carbonyl (C=O) groups excluding carboxylic acids is 1. The SMILES string of the molecule is CCC(CS(=O)(=O)O)C(=O)NCN. The van der Waals surface area contributed by atoms with Gasteiger partial charge in [-0.2, -0.15) is 8.42 Å². The fourth-order valence-corrected chi connectivity index (χ4v) is 1.77. The lowest BCUT2D eigenvalue weighted by atomic mass is 10.1. The van der Waals surface area contributed by atoms with E-state index in [1.54, 1.807) is 6.92 Å². The summed E-state index contributed by atoms with van der Waals surface area (Å²) in [5, 5.41) is 2.28. The van der Waals surface area contributed by atoms with Crippen molar-refractivity contribution in [2.45, 2.75) is 13.3 Å². The van der Waals surface area contributed by atoms with Crippen molar-refractivity contribution in [3.8, 4) is 0 Å². The molecular weight excluding hydrogens is 196 g/mol. The summed E-state index contributed by atoms with van der Waals surface area (Å²) in [6.07, 6.45) is 0.339. The van der Waals surface area contributed by atoms with Crippen LogP contribution < -0.4 is 11.1 Å². The van der Waals surface area contributed by atoms with Crippen molar-refractivity contribution in [1.82, 2.24) is 5.32 Å². The molecule has 78 valence electrons. The lowest BCUT2D eigenvalue weighted by Crippen LogP contribution is -2.37. The zero-order valence-corrected chi connectivity index (χ0v) is 8.17. The van der Waals surface area contributed by atoms with Crippen LogP contribution in [0.1, 0.15) is 13.3 Å². The van der Waals surface area contributed by atoms with Gasteiger partial charge in [-0.3, -0.25) is 9.35 Å². The maximum absolute atomic E-state index is 11.1. The predicted octanol–water partition coefficient (Wildman–Crippen LogP) is -1.07. The average Bonchev–Trinajstić information content (AvgIpc) is 1.99. The molecule has 1 amide bonds. The van der Waals surface area contributed by atoms with E-state index < -0.39 is 27.7 Å². The Bertz CT molecular complexity index is 262. The van der Waals surface area contributed by atoms with Crippen LogP contribution in [0.4, 0.5) is 0 Å². The van der Waals surface area contributed by atoms with Crippen molar-refractivity contribution in [1.29, 1.82) is 0 Å². The van der Waals surface area contributed by atoms with Gasteiger partial charge in [-0.05, 0) is 6.42 Å². The summed E-state index contributed by atoms with van der Waals surface area (Å²) in [5.41, 5.74) is 5.04. The van der Waals surface area contributed by atoms with Gasteiger partial charge in [0.1, 0.15) is 0 Å². The molecule has 0 saturated carbocycles. The highest BCUT2D eigenvalue weighted by molar-refractivity contribution is 7.85. The van der Waals surface area contributed by atoms with Crippen molar-refractivity contribution >= 4 is 16.0 Å². The van der Waals surface area contributed by atoms with Crippen LogP contribution in [0.15, 0.2) is 0 Å². The predicted molar refractivity (Wildman–Crippen MR) is 47.4 cm³/mol. The van der Waals surface area contributed by atoms with Crippen molar-refractivity contribution in [3.05, 3.63) is 0 Å². The molecule has 0 aliphatic carbocycles. The standard InChI is InChI=1S/C6H14N2O4S/c1-2-5(3-13(10,11)12)6(9)8-4-7/h5H,2-4,7H2,1H3,(H,8,9)(H,10,11,12). The molecule has 0 rings (SSSR count). The van der Waals surface area contributed by atoms with Gasteiger partial charge in [-0.1, -0.05) is 6.92 Å². The van der Waals surface area contributed by atoms with Crippen LogP contribution in [0.3, 0.4) is 0 Å². The van der Waals surface area contributed by atoms with E-state index in [9.17, 15) is 13.2 Å². The zero-order chi connectivity index (χ0) is 10.5. The molecule has 1 atom stereocenters. The largest absolute Gasteiger partial charge is 0.343 e. The fourth-order valence-electron chi connectivity index (χ4n) is 0.878. The summed E-state index contributed by atoms with van der Waals surface area (Å²) < 4.78 is 29.4. The molecule has 0 aromatic heterocycles. The molecule has 0 spiro atoms. The third-order valence-electron chi connectivity index (χ3n) is 1.55. The van der Waals surface area contributed by atoms with Crippen LogP contribution >= 0.6 is 0 Å². The van der Waals surface area contributed by atoms with Gasteiger partial charge in [-0.25, -0.2) is 0 Å². The molecule has 0 aliphatic heterocycles. The number of nitrogens with one attached hydrogen (secondary N) is 1. The van der Waals surface area contributed by atoms with Gasteiger partial charge in [0.25, 0.3) is 10.1 Å². The quantitative estimate of drug-likeness (QED) is 0.395. The van der Waals surface area contributed by atoms with Crippen LogP contribution in [-0.2, 0) is 14.9 Å². The van der Waals surface area contributed by atoms with E-state index in [2.05, 4.69) is 5.32 Å². The minimum Gasteiger partial charge on any atom is -0.343 e. The number of nitrogens with two attached hydrogens (primary N) is 1. The van der Waals surface area contributed by atoms with Crippen molar-refractivity contribution in [2.75, 3.05) is 12.4 Å². The third kappa shape index (κ3) is 5.56. The molecule has 0 bridgehead atoms. The van der Waals surface area contributed by atoms with E-state index in [0.717, 1.165) is 0 Å². The number of hydrogen-bond acceptors (Lipinski definition) is 4. The van der Waals surface area contributed by atoms with E-state index in [4.69, 9.17) is 10.3 Å². The lowest BCUT2D eigenvalue weighted by Gasteiger charge is -2.11. The molecule has 6 nitrogen and oxygen atoms in total. The summed E-state index contributed by atoms with van der Waals surface area (Å²) in [4.78, 5) is 11.1. The molecule has 7 heteroatoms. The summed E-state index contributed by atoms with van der Waals surface area (Å²) in [7, 11) is -4.10. The summed E-state index contributed by atoms with van der Waals surface area (Å²) >= 11 is 0. The molecule has 13 heavy (non-hydrogen) atoms. The molecule has 0 radical (unpaired) electrons. The molecular formula is C6H14N2O4S. The Labute approximate surface area is 77.2 Å². The number of amides is 1. The van der Waals surface area contributed by atoms with Gasteiger partial charge in [0, 0.05) is 0 Å². The normalized spacial score (nSPS) is 13.8. The molecule has 0 aromatic carbocycles. The van der Waals surface area contributed by atoms with Gasteiger partial charge in [0.15, 0.2) is 0 Å². The average molecular weight is 210 g/mol. The maximum atomic E-state index is 11.1. The van der Waals surface area contributed by atoms with Crippen LogP contribution in [0.5, 0.6) is 0 Å². The van der Waals surface area contributed by atoms with Gasteiger partial charge in [0.05, 0.1) is 18.3 Å².